The fourth-order valence-corrected chi connectivity index (χ4v) is 2.04. The van der Waals surface area contributed by atoms with Crippen molar-refractivity contribution in [2.45, 2.75) is 13.3 Å². The van der Waals surface area contributed by atoms with Gasteiger partial charge in [0, 0.05) is 6.54 Å². The molecule has 0 aliphatic heterocycles. The van der Waals surface area contributed by atoms with Crippen molar-refractivity contribution in [2.75, 3.05) is 27.7 Å². The predicted octanol–water partition coefficient (Wildman–Crippen LogP) is 3.90. The minimum Gasteiger partial charge on any atom is -0.493 e. The maximum atomic E-state index is 5.96. The molecule has 0 unspecified atom stereocenters. The number of aryl methyl sites for hydroxylation is 1. The number of ether oxygens (including phenoxy) is 2. The van der Waals surface area contributed by atoms with Gasteiger partial charge in [-0.3, -0.25) is 0 Å². The van der Waals surface area contributed by atoms with Crippen molar-refractivity contribution in [1.82, 2.24) is 4.90 Å². The molecule has 3 nitrogen and oxygen atoms in total. The third-order valence-corrected chi connectivity index (χ3v) is 3.32. The van der Waals surface area contributed by atoms with Gasteiger partial charge < -0.3 is 14.4 Å². The molecule has 0 amide bonds. The Morgan fingerprint density at radius 1 is 0.952 bits per heavy atom. The second-order valence-corrected chi connectivity index (χ2v) is 5.45. The Balaban J connectivity index is 2.19. The quantitative estimate of drug-likeness (QED) is 0.803. The van der Waals surface area contributed by atoms with Gasteiger partial charge in [0.05, 0.1) is 7.11 Å². The van der Waals surface area contributed by atoms with Crippen LogP contribution in [0.1, 0.15) is 11.1 Å². The highest BCUT2D eigenvalue weighted by molar-refractivity contribution is 5.45. The molecule has 0 atom stereocenters. The topological polar surface area (TPSA) is 21.7 Å². The summed E-state index contributed by atoms with van der Waals surface area (Å²) in [4.78, 5) is 2.17. The van der Waals surface area contributed by atoms with Crippen molar-refractivity contribution < 1.29 is 9.47 Å². The molecule has 0 fully saturated rings. The van der Waals surface area contributed by atoms with E-state index in [1.165, 1.54) is 11.1 Å². The Hall–Kier alpha value is -2.00. The standard InChI is InChI=1S/C18H23NO2/c1-14-5-8-16(9-6-14)21-18-13-15(11-12-19(2)3)7-10-17(18)20-4/h5-10,13H,11-12H2,1-4H3. The van der Waals surface area contributed by atoms with Crippen LogP contribution in [0, 0.1) is 6.92 Å². The maximum absolute atomic E-state index is 5.96. The van der Waals surface area contributed by atoms with E-state index in [1.54, 1.807) is 7.11 Å². The summed E-state index contributed by atoms with van der Waals surface area (Å²) in [6.45, 7) is 3.07. The second-order valence-electron chi connectivity index (χ2n) is 5.45. The number of hydrogen-bond donors (Lipinski definition) is 0. The average molecular weight is 285 g/mol. The molecule has 2 aromatic carbocycles. The molecule has 0 saturated carbocycles. The van der Waals surface area contributed by atoms with Gasteiger partial charge in [0.25, 0.3) is 0 Å². The number of likely N-dealkylation sites (N-methyl/N-ethyl adjacent to an activating group) is 1. The zero-order valence-corrected chi connectivity index (χ0v) is 13.2. The van der Waals surface area contributed by atoms with Crippen LogP contribution in [0.5, 0.6) is 17.2 Å². The smallest absolute Gasteiger partial charge is 0.169 e. The summed E-state index contributed by atoms with van der Waals surface area (Å²) in [5.41, 5.74) is 2.46. The highest BCUT2D eigenvalue weighted by atomic mass is 16.5. The van der Waals surface area contributed by atoms with Gasteiger partial charge in [-0.15, -0.1) is 0 Å². The van der Waals surface area contributed by atoms with Crippen molar-refractivity contribution in [1.29, 1.82) is 0 Å². The first kappa shape index (κ1) is 15.4. The Morgan fingerprint density at radius 2 is 1.67 bits per heavy atom. The zero-order chi connectivity index (χ0) is 15.2. The van der Waals surface area contributed by atoms with Crippen LogP contribution in [-0.2, 0) is 6.42 Å². The fraction of sp³-hybridized carbons (Fsp3) is 0.333. The van der Waals surface area contributed by atoms with Crippen LogP contribution >= 0.6 is 0 Å². The Bertz CT molecular complexity index is 576. The van der Waals surface area contributed by atoms with Gasteiger partial charge in [-0.25, -0.2) is 0 Å². The summed E-state index contributed by atoms with van der Waals surface area (Å²) < 4.78 is 11.4. The minimum atomic E-state index is 0.754. The third kappa shape index (κ3) is 4.50. The summed E-state index contributed by atoms with van der Waals surface area (Å²) in [5, 5.41) is 0. The molecular formula is C18H23NO2. The second kappa shape index (κ2) is 7.14. The van der Waals surface area contributed by atoms with E-state index in [2.05, 4.69) is 38.1 Å². The minimum absolute atomic E-state index is 0.754. The molecule has 112 valence electrons. The van der Waals surface area contributed by atoms with E-state index in [4.69, 9.17) is 9.47 Å². The van der Waals surface area contributed by atoms with Crippen LogP contribution in [0.15, 0.2) is 42.5 Å². The van der Waals surface area contributed by atoms with E-state index in [0.717, 1.165) is 30.2 Å². The van der Waals surface area contributed by atoms with E-state index in [-0.39, 0.29) is 0 Å². The summed E-state index contributed by atoms with van der Waals surface area (Å²) in [5.74, 6) is 2.34. The average Bonchev–Trinajstić information content (AvgIpc) is 2.48. The van der Waals surface area contributed by atoms with Crippen molar-refractivity contribution in [3.63, 3.8) is 0 Å². The van der Waals surface area contributed by atoms with Gasteiger partial charge >= 0.3 is 0 Å². The lowest BCUT2D eigenvalue weighted by atomic mass is 10.1. The number of nitrogens with zero attached hydrogens (tertiary/aromatic N) is 1. The highest BCUT2D eigenvalue weighted by Gasteiger charge is 2.07. The summed E-state index contributed by atoms with van der Waals surface area (Å²) in [7, 11) is 5.82. The first-order valence-corrected chi connectivity index (χ1v) is 7.14. The van der Waals surface area contributed by atoms with Crippen LogP contribution in [0.3, 0.4) is 0 Å². The van der Waals surface area contributed by atoms with E-state index in [9.17, 15) is 0 Å². The number of benzene rings is 2. The molecule has 21 heavy (non-hydrogen) atoms. The number of rotatable bonds is 6. The van der Waals surface area contributed by atoms with Crippen molar-refractivity contribution >= 4 is 0 Å². The first-order valence-electron chi connectivity index (χ1n) is 7.14. The fourth-order valence-electron chi connectivity index (χ4n) is 2.04. The molecule has 0 radical (unpaired) electrons. The van der Waals surface area contributed by atoms with Crippen LogP contribution in [0.25, 0.3) is 0 Å². The molecule has 0 aliphatic carbocycles. The van der Waals surface area contributed by atoms with Gasteiger partial charge in [-0.2, -0.15) is 0 Å². The van der Waals surface area contributed by atoms with Crippen LogP contribution in [0.4, 0.5) is 0 Å². The van der Waals surface area contributed by atoms with Gasteiger partial charge in [-0.1, -0.05) is 23.8 Å². The normalized spacial score (nSPS) is 10.7. The Morgan fingerprint density at radius 3 is 2.29 bits per heavy atom. The van der Waals surface area contributed by atoms with Crippen molar-refractivity contribution in [3.05, 3.63) is 53.6 Å². The molecule has 3 heteroatoms. The molecular weight excluding hydrogens is 262 g/mol. The molecule has 0 N–H and O–H groups in total. The van der Waals surface area contributed by atoms with E-state index >= 15 is 0 Å². The maximum Gasteiger partial charge on any atom is 0.169 e. The molecule has 0 spiro atoms. The molecule has 2 aromatic rings. The van der Waals surface area contributed by atoms with E-state index in [0.29, 0.717) is 0 Å². The summed E-state index contributed by atoms with van der Waals surface area (Å²) in [6.07, 6.45) is 0.987. The highest BCUT2D eigenvalue weighted by Crippen LogP contribution is 2.32. The lowest BCUT2D eigenvalue weighted by Crippen LogP contribution is -2.15. The van der Waals surface area contributed by atoms with Crippen LogP contribution in [0.2, 0.25) is 0 Å². The lowest BCUT2D eigenvalue weighted by molar-refractivity contribution is 0.377. The van der Waals surface area contributed by atoms with Gasteiger partial charge in [0.15, 0.2) is 11.5 Å². The van der Waals surface area contributed by atoms with Crippen molar-refractivity contribution in [3.8, 4) is 17.2 Å². The number of methoxy groups -OCH3 is 1. The molecule has 0 bridgehead atoms. The van der Waals surface area contributed by atoms with Crippen LogP contribution < -0.4 is 9.47 Å². The monoisotopic (exact) mass is 285 g/mol. The third-order valence-electron chi connectivity index (χ3n) is 3.32. The molecule has 0 aliphatic rings. The largest absolute Gasteiger partial charge is 0.493 e. The van der Waals surface area contributed by atoms with E-state index in [1.807, 2.05) is 30.3 Å². The molecule has 0 heterocycles. The zero-order valence-electron chi connectivity index (χ0n) is 13.2. The van der Waals surface area contributed by atoms with Gasteiger partial charge in [0.1, 0.15) is 5.75 Å². The predicted molar refractivity (Wildman–Crippen MR) is 86.5 cm³/mol. The van der Waals surface area contributed by atoms with Crippen LogP contribution in [-0.4, -0.2) is 32.6 Å². The molecule has 0 saturated heterocycles. The first-order chi connectivity index (χ1) is 10.1. The summed E-state index contributed by atoms with van der Waals surface area (Å²) in [6, 6.07) is 14.1. The Labute approximate surface area is 127 Å². The van der Waals surface area contributed by atoms with Crippen molar-refractivity contribution in [2.24, 2.45) is 0 Å². The lowest BCUT2D eigenvalue weighted by Gasteiger charge is -2.14. The summed E-state index contributed by atoms with van der Waals surface area (Å²) >= 11 is 0. The van der Waals surface area contributed by atoms with Gasteiger partial charge in [-0.05, 0) is 57.3 Å². The number of hydrogen-bond acceptors (Lipinski definition) is 3. The molecule has 0 aromatic heterocycles. The Kier molecular flexibility index (Phi) is 5.23. The van der Waals surface area contributed by atoms with E-state index < -0.39 is 0 Å². The SMILES string of the molecule is COc1ccc(CCN(C)C)cc1Oc1ccc(C)cc1. The molecule has 2 rings (SSSR count). The van der Waals surface area contributed by atoms with Gasteiger partial charge in [0.2, 0.25) is 0 Å².